The fourth-order valence-electron chi connectivity index (χ4n) is 0.540. The minimum absolute atomic E-state index is 0.120. The zero-order valence-corrected chi connectivity index (χ0v) is 8.99. The first kappa shape index (κ1) is 12.5. The van der Waals surface area contributed by atoms with Crippen molar-refractivity contribution in [3.05, 3.63) is 0 Å². The Morgan fingerprint density at radius 1 is 1.54 bits per heavy atom. The monoisotopic (exact) mass is 208 g/mol. The highest BCUT2D eigenvalue weighted by molar-refractivity contribution is 7.21. The van der Waals surface area contributed by atoms with Crippen LogP contribution in [0, 0.1) is 0 Å². The predicted octanol–water partition coefficient (Wildman–Crippen LogP) is 0.482. The molecule has 77 valence electrons. The van der Waals surface area contributed by atoms with Gasteiger partial charge in [0.15, 0.2) is 0 Å². The van der Waals surface area contributed by atoms with Gasteiger partial charge in [-0.25, -0.2) is 5.09 Å². The Balaban J connectivity index is 3.67. The highest BCUT2D eigenvalue weighted by Crippen LogP contribution is 1.96. The van der Waals surface area contributed by atoms with Crippen molar-refractivity contribution >= 4 is 14.6 Å². The van der Waals surface area contributed by atoms with Crippen molar-refractivity contribution in [1.82, 2.24) is 5.09 Å². The molecule has 0 aromatic heterocycles. The van der Waals surface area contributed by atoms with Crippen molar-refractivity contribution in [3.8, 4) is 0 Å². The van der Waals surface area contributed by atoms with Crippen LogP contribution in [0.4, 0.5) is 0 Å². The number of esters is 1. The van der Waals surface area contributed by atoms with E-state index < -0.39 is 20.6 Å². The first-order valence-electron chi connectivity index (χ1n) is 3.94. The van der Waals surface area contributed by atoms with Gasteiger partial charge in [-0.15, -0.1) is 0 Å². The molecule has 0 fully saturated rings. The standard InChI is InChI=1S/C7H15NO4P/c1-5(11-3)4-12-7(9)6(2)8-13-10/h5-6,13H,4H2,1-3H3,(H,8,10)/t5?,6-/m0/s1. The first-order chi connectivity index (χ1) is 6.11. The number of rotatable bonds is 6. The molecule has 0 bridgehead atoms. The Hall–Kier alpha value is -0.510. The molecule has 0 saturated heterocycles. The molecular formula is C7H15NO4P. The third kappa shape index (κ3) is 5.69. The van der Waals surface area contributed by atoms with Crippen LogP contribution in [0.3, 0.4) is 0 Å². The summed E-state index contributed by atoms with van der Waals surface area (Å²) in [5.74, 6) is -0.424. The summed E-state index contributed by atoms with van der Waals surface area (Å²) in [6.07, 6.45) is -0.120. The van der Waals surface area contributed by atoms with E-state index in [-0.39, 0.29) is 12.7 Å². The van der Waals surface area contributed by atoms with E-state index in [4.69, 9.17) is 9.47 Å². The fourth-order valence-corrected chi connectivity index (χ4v) is 0.834. The van der Waals surface area contributed by atoms with Crippen molar-refractivity contribution in [3.63, 3.8) is 0 Å². The van der Waals surface area contributed by atoms with E-state index >= 15 is 0 Å². The van der Waals surface area contributed by atoms with Gasteiger partial charge in [-0.3, -0.25) is 9.36 Å². The molecule has 5 nitrogen and oxygen atoms in total. The summed E-state index contributed by atoms with van der Waals surface area (Å²) in [6, 6.07) is -0.542. The van der Waals surface area contributed by atoms with Gasteiger partial charge in [0.1, 0.15) is 21.3 Å². The van der Waals surface area contributed by atoms with Gasteiger partial charge in [0.05, 0.1) is 6.10 Å². The summed E-state index contributed by atoms with van der Waals surface area (Å²) in [7, 11) is 0.839. The van der Waals surface area contributed by atoms with Crippen LogP contribution >= 0.6 is 8.61 Å². The van der Waals surface area contributed by atoms with Gasteiger partial charge in [0.2, 0.25) is 0 Å². The van der Waals surface area contributed by atoms with E-state index in [0.717, 1.165) is 0 Å². The van der Waals surface area contributed by atoms with Gasteiger partial charge < -0.3 is 9.47 Å². The molecule has 6 heteroatoms. The molecule has 0 rings (SSSR count). The Kier molecular flexibility index (Phi) is 6.68. The molecule has 2 unspecified atom stereocenters. The van der Waals surface area contributed by atoms with Gasteiger partial charge in [0, 0.05) is 7.11 Å². The summed E-state index contributed by atoms with van der Waals surface area (Å²) >= 11 is 0. The van der Waals surface area contributed by atoms with Crippen molar-refractivity contribution in [2.45, 2.75) is 26.0 Å². The molecule has 0 aromatic rings. The maximum Gasteiger partial charge on any atom is 0.323 e. The number of nitrogens with one attached hydrogen (secondary N) is 1. The third-order valence-corrected chi connectivity index (χ3v) is 2.04. The summed E-state index contributed by atoms with van der Waals surface area (Å²) in [5, 5.41) is 2.44. The van der Waals surface area contributed by atoms with E-state index in [0.29, 0.717) is 0 Å². The van der Waals surface area contributed by atoms with Gasteiger partial charge in [-0.2, -0.15) is 0 Å². The van der Waals surface area contributed by atoms with E-state index in [1.165, 1.54) is 0 Å². The van der Waals surface area contributed by atoms with Crippen molar-refractivity contribution in [1.29, 1.82) is 0 Å². The summed E-state index contributed by atoms with van der Waals surface area (Å²) in [6.45, 7) is 3.59. The number of ether oxygens (including phenoxy) is 2. The number of hydrogen-bond acceptors (Lipinski definition) is 4. The molecule has 0 aliphatic rings. The topological polar surface area (TPSA) is 64.6 Å². The molecule has 13 heavy (non-hydrogen) atoms. The zero-order valence-electron chi connectivity index (χ0n) is 7.99. The normalized spacial score (nSPS) is 15.3. The quantitative estimate of drug-likeness (QED) is 0.508. The average molecular weight is 208 g/mol. The van der Waals surface area contributed by atoms with Gasteiger partial charge in [0.25, 0.3) is 0 Å². The van der Waals surface area contributed by atoms with Crippen LogP contribution in [0.5, 0.6) is 0 Å². The molecular weight excluding hydrogens is 193 g/mol. The lowest BCUT2D eigenvalue weighted by atomic mass is 10.4. The summed E-state index contributed by atoms with van der Waals surface area (Å²) < 4.78 is 19.9. The number of carbonyl (C=O) groups is 1. The smallest absolute Gasteiger partial charge is 0.323 e. The van der Waals surface area contributed by atoms with Crippen LogP contribution in [0.1, 0.15) is 13.8 Å². The minimum Gasteiger partial charge on any atom is -0.462 e. The van der Waals surface area contributed by atoms with Crippen LogP contribution in [0.25, 0.3) is 0 Å². The second kappa shape index (κ2) is 6.95. The molecule has 0 heterocycles. The Bertz CT molecular complexity index is 176. The lowest BCUT2D eigenvalue weighted by Crippen LogP contribution is -2.31. The van der Waals surface area contributed by atoms with Gasteiger partial charge in [-0.05, 0) is 13.8 Å². The highest BCUT2D eigenvalue weighted by Gasteiger charge is 2.14. The fraction of sp³-hybridized carbons (Fsp3) is 0.857. The lowest BCUT2D eigenvalue weighted by Gasteiger charge is -2.12. The second-order valence-corrected chi connectivity index (χ2v) is 3.14. The van der Waals surface area contributed by atoms with Gasteiger partial charge in [-0.1, -0.05) is 0 Å². The summed E-state index contributed by atoms with van der Waals surface area (Å²) in [5.41, 5.74) is 0. The van der Waals surface area contributed by atoms with E-state index in [9.17, 15) is 9.36 Å². The minimum atomic E-state index is -0.702. The Morgan fingerprint density at radius 2 is 2.15 bits per heavy atom. The van der Waals surface area contributed by atoms with Crippen LogP contribution in [0.2, 0.25) is 0 Å². The van der Waals surface area contributed by atoms with E-state index in [1.54, 1.807) is 21.0 Å². The molecule has 0 amide bonds. The van der Waals surface area contributed by atoms with Crippen molar-refractivity contribution in [2.24, 2.45) is 0 Å². The number of hydrogen-bond donors (Lipinski definition) is 1. The largest absolute Gasteiger partial charge is 0.462 e. The number of methoxy groups -OCH3 is 1. The maximum absolute atomic E-state index is 11.1. The molecule has 3 atom stereocenters. The number of carbonyl (C=O) groups excluding carboxylic acids is 1. The maximum atomic E-state index is 11.1. The van der Waals surface area contributed by atoms with Crippen LogP contribution in [0.15, 0.2) is 0 Å². The predicted molar refractivity (Wildman–Crippen MR) is 49.0 cm³/mol. The van der Waals surface area contributed by atoms with Crippen LogP contribution < -0.4 is 5.09 Å². The summed E-state index contributed by atoms with van der Waals surface area (Å²) in [4.78, 5) is 11.1. The Labute approximate surface area is 79.0 Å². The molecule has 0 saturated carbocycles. The van der Waals surface area contributed by atoms with E-state index in [1.807, 2.05) is 0 Å². The van der Waals surface area contributed by atoms with Crippen LogP contribution in [-0.4, -0.2) is 31.8 Å². The molecule has 1 radical (unpaired) electrons. The van der Waals surface area contributed by atoms with Crippen molar-refractivity contribution in [2.75, 3.05) is 13.7 Å². The Morgan fingerprint density at radius 3 is 2.62 bits per heavy atom. The molecule has 0 aromatic carbocycles. The van der Waals surface area contributed by atoms with Crippen LogP contribution in [-0.2, 0) is 18.8 Å². The molecule has 0 aliphatic carbocycles. The average Bonchev–Trinajstić information content (AvgIpc) is 2.13. The van der Waals surface area contributed by atoms with Gasteiger partial charge >= 0.3 is 5.97 Å². The van der Waals surface area contributed by atoms with E-state index in [2.05, 4.69) is 5.09 Å². The molecule has 1 N–H and O–H groups in total. The SMILES string of the molecule is COC(C)COC(=O)[C@H](C)N[PH]=O. The highest BCUT2D eigenvalue weighted by atomic mass is 31.1. The lowest BCUT2D eigenvalue weighted by molar-refractivity contribution is -0.148. The zero-order chi connectivity index (χ0) is 10.3. The third-order valence-electron chi connectivity index (χ3n) is 1.49. The molecule has 0 aliphatic heterocycles. The first-order valence-corrected chi connectivity index (χ1v) is 4.84. The molecule has 0 spiro atoms. The van der Waals surface area contributed by atoms with Crippen molar-refractivity contribution < 1.29 is 18.8 Å². The second-order valence-electron chi connectivity index (χ2n) is 2.64.